The maximum atomic E-state index is 13.5. The maximum absolute atomic E-state index is 13.5. The third-order valence-electron chi connectivity index (χ3n) is 4.52. The van der Waals surface area contributed by atoms with Gasteiger partial charge in [-0.15, -0.1) is 11.3 Å². The van der Waals surface area contributed by atoms with E-state index in [-0.39, 0.29) is 5.78 Å². The number of thiophene rings is 1. The van der Waals surface area contributed by atoms with Crippen molar-refractivity contribution in [3.63, 3.8) is 0 Å². The van der Waals surface area contributed by atoms with Gasteiger partial charge in [0, 0.05) is 32.8 Å². The summed E-state index contributed by atoms with van der Waals surface area (Å²) in [6.45, 7) is 0. The van der Waals surface area contributed by atoms with Crippen LogP contribution in [0.3, 0.4) is 0 Å². The predicted octanol–water partition coefficient (Wildman–Crippen LogP) is 5.95. The summed E-state index contributed by atoms with van der Waals surface area (Å²) in [5, 5.41) is 6.35. The normalized spacial score (nSPS) is 11.9. The first kappa shape index (κ1) is 17.3. The highest BCUT2D eigenvalue weighted by Gasteiger charge is 2.24. The van der Waals surface area contributed by atoms with E-state index in [0.717, 1.165) is 32.6 Å². The summed E-state index contributed by atoms with van der Waals surface area (Å²) in [6, 6.07) is 25.0. The molecule has 0 bridgehead atoms. The van der Waals surface area contributed by atoms with Gasteiger partial charge < -0.3 is 10.1 Å². The summed E-state index contributed by atoms with van der Waals surface area (Å²) < 4.78 is 6.43. The van der Waals surface area contributed by atoms with E-state index in [1.165, 1.54) is 0 Å². The molecule has 1 unspecified atom stereocenters. The minimum absolute atomic E-state index is 0.0569. The minimum atomic E-state index is -0.476. The third kappa shape index (κ3) is 3.57. The van der Waals surface area contributed by atoms with Gasteiger partial charge in [0.25, 0.3) is 0 Å². The van der Waals surface area contributed by atoms with Crippen LogP contribution in [-0.2, 0) is 0 Å². The standard InChI is InChI=1S/C23H19NO2S/c1-26-18-11-7-10-17(14-18)24-22(16-8-3-2-4-9-16)23(25)20-15-27-21-13-6-5-12-19(20)21/h2-15,22,24H,1H3. The van der Waals surface area contributed by atoms with E-state index in [9.17, 15) is 4.79 Å². The molecule has 0 aliphatic carbocycles. The molecule has 0 saturated carbocycles. The number of methoxy groups -OCH3 is 1. The van der Waals surface area contributed by atoms with Gasteiger partial charge in [-0.1, -0.05) is 54.6 Å². The van der Waals surface area contributed by atoms with Crippen molar-refractivity contribution < 1.29 is 9.53 Å². The number of ether oxygens (including phenoxy) is 1. The third-order valence-corrected chi connectivity index (χ3v) is 5.49. The number of carbonyl (C=O) groups excluding carboxylic acids is 1. The number of carbonyl (C=O) groups is 1. The number of ketones is 1. The number of hydrogen-bond acceptors (Lipinski definition) is 4. The molecular formula is C23H19NO2S. The van der Waals surface area contributed by atoms with Crippen molar-refractivity contribution in [3.8, 4) is 5.75 Å². The van der Waals surface area contributed by atoms with E-state index in [4.69, 9.17) is 4.74 Å². The van der Waals surface area contributed by atoms with Crippen LogP contribution in [0.15, 0.2) is 84.2 Å². The highest BCUT2D eigenvalue weighted by Crippen LogP contribution is 2.31. The highest BCUT2D eigenvalue weighted by molar-refractivity contribution is 7.17. The Morgan fingerprint density at radius 2 is 1.74 bits per heavy atom. The second kappa shape index (κ2) is 7.64. The van der Waals surface area contributed by atoms with Crippen molar-refractivity contribution in [1.29, 1.82) is 0 Å². The number of fused-ring (bicyclic) bond motifs is 1. The van der Waals surface area contributed by atoms with Crippen LogP contribution < -0.4 is 10.1 Å². The molecule has 3 nitrogen and oxygen atoms in total. The van der Waals surface area contributed by atoms with Crippen LogP contribution in [0.1, 0.15) is 22.0 Å². The van der Waals surface area contributed by atoms with E-state index in [0.29, 0.717) is 0 Å². The zero-order chi connectivity index (χ0) is 18.6. The van der Waals surface area contributed by atoms with Gasteiger partial charge in [-0.2, -0.15) is 0 Å². The largest absolute Gasteiger partial charge is 0.497 e. The lowest BCUT2D eigenvalue weighted by Gasteiger charge is -2.19. The Labute approximate surface area is 162 Å². The summed E-state index contributed by atoms with van der Waals surface area (Å²) >= 11 is 1.60. The van der Waals surface area contributed by atoms with Crippen molar-refractivity contribution >= 4 is 32.9 Å². The molecular weight excluding hydrogens is 354 g/mol. The first-order valence-electron chi connectivity index (χ1n) is 8.72. The lowest BCUT2D eigenvalue weighted by atomic mass is 9.96. The summed E-state index contributed by atoms with van der Waals surface area (Å²) in [5.74, 6) is 0.807. The van der Waals surface area contributed by atoms with Gasteiger partial charge >= 0.3 is 0 Å². The Bertz CT molecular complexity index is 1070. The van der Waals surface area contributed by atoms with Crippen LogP contribution in [0.25, 0.3) is 10.1 Å². The zero-order valence-electron chi connectivity index (χ0n) is 14.9. The first-order chi connectivity index (χ1) is 13.3. The van der Waals surface area contributed by atoms with E-state index in [1.54, 1.807) is 18.4 Å². The summed E-state index contributed by atoms with van der Waals surface area (Å²) in [5.41, 5.74) is 2.52. The van der Waals surface area contributed by atoms with Crippen molar-refractivity contribution in [2.75, 3.05) is 12.4 Å². The Kier molecular flexibility index (Phi) is 4.90. The molecule has 0 aliphatic heterocycles. The molecule has 0 aliphatic rings. The fourth-order valence-corrected chi connectivity index (χ4v) is 4.10. The molecule has 1 aromatic heterocycles. The SMILES string of the molecule is COc1cccc(NC(C(=O)c2csc3ccccc23)c2ccccc2)c1. The fourth-order valence-electron chi connectivity index (χ4n) is 3.15. The number of Topliss-reactive ketones (excluding diaryl/α,β-unsaturated/α-hetero) is 1. The molecule has 0 amide bonds. The second-order valence-corrected chi connectivity index (χ2v) is 7.14. The smallest absolute Gasteiger partial charge is 0.191 e. The topological polar surface area (TPSA) is 38.3 Å². The van der Waals surface area contributed by atoms with Crippen LogP contribution in [0.4, 0.5) is 5.69 Å². The first-order valence-corrected chi connectivity index (χ1v) is 9.60. The number of anilines is 1. The van der Waals surface area contributed by atoms with E-state index >= 15 is 0 Å². The van der Waals surface area contributed by atoms with Crippen molar-refractivity contribution in [3.05, 3.63) is 95.4 Å². The molecule has 1 atom stereocenters. The quantitative estimate of drug-likeness (QED) is 0.425. The van der Waals surface area contributed by atoms with E-state index in [2.05, 4.69) is 5.32 Å². The predicted molar refractivity (Wildman–Crippen MR) is 112 cm³/mol. The second-order valence-electron chi connectivity index (χ2n) is 6.23. The Morgan fingerprint density at radius 3 is 2.56 bits per heavy atom. The van der Waals surface area contributed by atoms with Crippen LogP contribution >= 0.6 is 11.3 Å². The number of benzene rings is 3. The number of hydrogen-bond donors (Lipinski definition) is 1. The molecule has 0 fully saturated rings. The summed E-state index contributed by atoms with van der Waals surface area (Å²) in [4.78, 5) is 13.5. The van der Waals surface area contributed by atoms with E-state index in [1.807, 2.05) is 84.2 Å². The Morgan fingerprint density at radius 1 is 0.963 bits per heavy atom. The Hall–Kier alpha value is -3.11. The van der Waals surface area contributed by atoms with Gasteiger partial charge in [-0.25, -0.2) is 0 Å². The van der Waals surface area contributed by atoms with Gasteiger partial charge in [0.2, 0.25) is 0 Å². The zero-order valence-corrected chi connectivity index (χ0v) is 15.7. The lowest BCUT2D eigenvalue weighted by Crippen LogP contribution is -2.21. The molecule has 0 radical (unpaired) electrons. The van der Waals surface area contributed by atoms with Crippen LogP contribution in [0.2, 0.25) is 0 Å². The average molecular weight is 373 g/mol. The van der Waals surface area contributed by atoms with E-state index < -0.39 is 6.04 Å². The van der Waals surface area contributed by atoms with Gasteiger partial charge in [0.05, 0.1) is 7.11 Å². The summed E-state index contributed by atoms with van der Waals surface area (Å²) in [6.07, 6.45) is 0. The molecule has 3 aromatic carbocycles. The monoisotopic (exact) mass is 373 g/mol. The molecule has 4 rings (SSSR count). The molecule has 4 aromatic rings. The van der Waals surface area contributed by atoms with Gasteiger partial charge in [-0.05, 0) is 23.8 Å². The molecule has 1 heterocycles. The highest BCUT2D eigenvalue weighted by atomic mass is 32.1. The molecule has 134 valence electrons. The Balaban J connectivity index is 1.74. The number of rotatable bonds is 6. The summed E-state index contributed by atoms with van der Waals surface area (Å²) in [7, 11) is 1.64. The lowest BCUT2D eigenvalue weighted by molar-refractivity contribution is 0.0971. The van der Waals surface area contributed by atoms with Crippen LogP contribution in [-0.4, -0.2) is 12.9 Å². The molecule has 0 spiro atoms. The van der Waals surface area contributed by atoms with Crippen LogP contribution in [0, 0.1) is 0 Å². The van der Waals surface area contributed by atoms with Crippen molar-refractivity contribution in [1.82, 2.24) is 0 Å². The van der Waals surface area contributed by atoms with Crippen molar-refractivity contribution in [2.24, 2.45) is 0 Å². The van der Waals surface area contributed by atoms with Gasteiger partial charge in [0.15, 0.2) is 5.78 Å². The van der Waals surface area contributed by atoms with Gasteiger partial charge in [-0.3, -0.25) is 4.79 Å². The molecule has 4 heteroatoms. The molecule has 0 saturated heterocycles. The molecule has 27 heavy (non-hydrogen) atoms. The van der Waals surface area contributed by atoms with Gasteiger partial charge in [0.1, 0.15) is 11.8 Å². The maximum Gasteiger partial charge on any atom is 0.191 e. The van der Waals surface area contributed by atoms with Crippen LogP contribution in [0.5, 0.6) is 5.75 Å². The number of nitrogens with one attached hydrogen (secondary N) is 1. The molecule has 1 N–H and O–H groups in total. The fraction of sp³-hybridized carbons (Fsp3) is 0.0870. The average Bonchev–Trinajstić information content (AvgIpc) is 3.16. The minimum Gasteiger partial charge on any atom is -0.497 e. The van der Waals surface area contributed by atoms with Crippen molar-refractivity contribution in [2.45, 2.75) is 6.04 Å².